The molecular weight excluding hydrogens is 267 g/mol. The molecule has 112 valence electrons. The summed E-state index contributed by atoms with van der Waals surface area (Å²) < 4.78 is 14.1. The third-order valence-electron chi connectivity index (χ3n) is 3.91. The number of nitrogens with two attached hydrogens (primary N) is 1. The number of halogens is 1. The van der Waals surface area contributed by atoms with E-state index in [1.807, 2.05) is 6.92 Å². The zero-order valence-electron chi connectivity index (χ0n) is 12.4. The first-order valence-corrected chi connectivity index (χ1v) is 7.43. The van der Waals surface area contributed by atoms with Gasteiger partial charge in [-0.1, -0.05) is 18.3 Å². The second-order valence-corrected chi connectivity index (χ2v) is 5.34. The van der Waals surface area contributed by atoms with Crippen molar-refractivity contribution in [2.75, 3.05) is 19.6 Å². The highest BCUT2D eigenvalue weighted by Gasteiger charge is 2.24. The van der Waals surface area contributed by atoms with E-state index in [4.69, 9.17) is 5.73 Å². The van der Waals surface area contributed by atoms with Crippen molar-refractivity contribution in [1.82, 2.24) is 4.90 Å². The first-order valence-electron chi connectivity index (χ1n) is 7.43. The molecule has 0 aromatic heterocycles. The fourth-order valence-corrected chi connectivity index (χ4v) is 2.43. The minimum Gasteiger partial charge on any atom is -0.339 e. The van der Waals surface area contributed by atoms with Gasteiger partial charge in [-0.15, -0.1) is 0 Å². The molecule has 1 aliphatic carbocycles. The molecule has 1 aromatic rings. The molecule has 0 atom stereocenters. The van der Waals surface area contributed by atoms with Gasteiger partial charge in [-0.05, 0) is 43.9 Å². The van der Waals surface area contributed by atoms with Gasteiger partial charge in [0.2, 0.25) is 0 Å². The Hall–Kier alpha value is -1.86. The largest absolute Gasteiger partial charge is 0.339 e. The molecule has 1 amide bonds. The highest BCUT2D eigenvalue weighted by atomic mass is 19.1. The molecule has 0 bridgehead atoms. The van der Waals surface area contributed by atoms with Crippen molar-refractivity contribution in [1.29, 1.82) is 0 Å². The predicted octanol–water partition coefficient (Wildman–Crippen LogP) is 2.40. The highest BCUT2D eigenvalue weighted by molar-refractivity contribution is 5.94. The average Bonchev–Trinajstić information content (AvgIpc) is 2.43. The van der Waals surface area contributed by atoms with Crippen LogP contribution in [0.5, 0.6) is 0 Å². The fraction of sp³-hybridized carbons (Fsp3) is 0.471. The molecule has 1 fully saturated rings. The minimum atomic E-state index is -0.518. The molecule has 3 nitrogen and oxygen atoms in total. The average molecular weight is 288 g/mol. The summed E-state index contributed by atoms with van der Waals surface area (Å²) >= 11 is 0. The lowest BCUT2D eigenvalue weighted by atomic mass is 9.85. The fourth-order valence-electron chi connectivity index (χ4n) is 2.43. The Morgan fingerprint density at radius 3 is 2.76 bits per heavy atom. The number of hydrogen-bond donors (Lipinski definition) is 1. The van der Waals surface area contributed by atoms with Gasteiger partial charge in [0, 0.05) is 18.7 Å². The Morgan fingerprint density at radius 1 is 1.48 bits per heavy atom. The summed E-state index contributed by atoms with van der Waals surface area (Å²) in [5.41, 5.74) is 5.95. The van der Waals surface area contributed by atoms with Gasteiger partial charge in [-0.2, -0.15) is 0 Å². The summed E-state index contributed by atoms with van der Waals surface area (Å²) in [4.78, 5) is 14.2. The van der Waals surface area contributed by atoms with Crippen LogP contribution in [-0.4, -0.2) is 30.4 Å². The molecule has 0 aliphatic heterocycles. The molecule has 1 saturated carbocycles. The van der Waals surface area contributed by atoms with E-state index in [0.29, 0.717) is 18.0 Å². The highest BCUT2D eigenvalue weighted by Crippen LogP contribution is 2.27. The van der Waals surface area contributed by atoms with E-state index < -0.39 is 5.82 Å². The quantitative estimate of drug-likeness (QED) is 0.865. The van der Waals surface area contributed by atoms with Gasteiger partial charge < -0.3 is 10.6 Å². The first kappa shape index (κ1) is 15.5. The second-order valence-electron chi connectivity index (χ2n) is 5.34. The lowest BCUT2D eigenvalue weighted by Gasteiger charge is -2.31. The summed E-state index contributed by atoms with van der Waals surface area (Å²) in [6.45, 7) is 3.48. The summed E-state index contributed by atoms with van der Waals surface area (Å²) in [6, 6.07) is 4.48. The van der Waals surface area contributed by atoms with Gasteiger partial charge in [0.15, 0.2) is 0 Å². The van der Waals surface area contributed by atoms with Crippen LogP contribution >= 0.6 is 0 Å². The summed E-state index contributed by atoms with van der Waals surface area (Å²) in [7, 11) is 0. The van der Waals surface area contributed by atoms with Gasteiger partial charge in [-0.25, -0.2) is 4.39 Å². The van der Waals surface area contributed by atoms with Crippen LogP contribution < -0.4 is 5.73 Å². The maximum atomic E-state index is 14.1. The maximum Gasteiger partial charge on any atom is 0.256 e. The van der Waals surface area contributed by atoms with Crippen LogP contribution in [0.25, 0.3) is 0 Å². The van der Waals surface area contributed by atoms with Crippen molar-refractivity contribution in [3.05, 3.63) is 35.1 Å². The third kappa shape index (κ3) is 3.83. The Bertz CT molecular complexity index is 570. The van der Waals surface area contributed by atoms with Crippen molar-refractivity contribution < 1.29 is 9.18 Å². The molecule has 1 aromatic carbocycles. The number of carbonyl (C=O) groups is 1. The second kappa shape index (κ2) is 7.24. The number of benzene rings is 1. The lowest BCUT2D eigenvalue weighted by molar-refractivity contribution is 0.0702. The van der Waals surface area contributed by atoms with E-state index in [1.54, 1.807) is 11.0 Å². The summed E-state index contributed by atoms with van der Waals surface area (Å²) in [6.07, 6.45) is 3.57. The van der Waals surface area contributed by atoms with E-state index in [0.717, 1.165) is 6.54 Å². The van der Waals surface area contributed by atoms with Crippen LogP contribution in [0, 0.1) is 23.6 Å². The van der Waals surface area contributed by atoms with Crippen LogP contribution in [0.1, 0.15) is 42.1 Å². The van der Waals surface area contributed by atoms with Gasteiger partial charge in [-0.3, -0.25) is 4.79 Å². The molecule has 0 saturated heterocycles. The molecule has 1 aliphatic rings. The Balaban J connectivity index is 2.13. The summed E-state index contributed by atoms with van der Waals surface area (Å²) in [5.74, 6) is 5.26. The van der Waals surface area contributed by atoms with E-state index in [-0.39, 0.29) is 18.0 Å². The van der Waals surface area contributed by atoms with Crippen molar-refractivity contribution in [2.45, 2.75) is 26.2 Å². The van der Waals surface area contributed by atoms with Gasteiger partial charge in [0.1, 0.15) is 5.82 Å². The Labute approximate surface area is 125 Å². The van der Waals surface area contributed by atoms with Crippen LogP contribution in [0.3, 0.4) is 0 Å². The number of nitrogens with zero attached hydrogens (tertiary/aromatic N) is 1. The normalized spacial score (nSPS) is 14.0. The molecular formula is C17H21FN2O. The Morgan fingerprint density at radius 2 is 2.24 bits per heavy atom. The summed E-state index contributed by atoms with van der Waals surface area (Å²) in [5, 5.41) is 0. The number of hydrogen-bond acceptors (Lipinski definition) is 2. The minimum absolute atomic E-state index is 0.120. The zero-order chi connectivity index (χ0) is 15.2. The van der Waals surface area contributed by atoms with Crippen LogP contribution in [0.15, 0.2) is 18.2 Å². The van der Waals surface area contributed by atoms with Crippen LogP contribution in [0.4, 0.5) is 4.39 Å². The first-order chi connectivity index (χ1) is 10.2. The Kier molecular flexibility index (Phi) is 5.35. The molecule has 2 rings (SSSR count). The predicted molar refractivity (Wildman–Crippen MR) is 81.3 cm³/mol. The monoisotopic (exact) mass is 288 g/mol. The molecule has 0 unspecified atom stereocenters. The lowest BCUT2D eigenvalue weighted by Crippen LogP contribution is -2.37. The zero-order valence-corrected chi connectivity index (χ0v) is 12.4. The standard InChI is InChI=1S/C17H21FN2O/c1-2-20(12-14-5-3-6-14)17(21)15-9-8-13(7-4-10-19)11-16(15)18/h8-9,11,14H,2-3,5-6,10,12,19H2,1H3. The molecule has 0 spiro atoms. The van der Waals surface area contributed by atoms with Gasteiger partial charge in [0.25, 0.3) is 5.91 Å². The molecule has 0 heterocycles. The topological polar surface area (TPSA) is 46.3 Å². The molecule has 4 heteroatoms. The van der Waals surface area contributed by atoms with Crippen molar-refractivity contribution in [2.24, 2.45) is 11.7 Å². The van der Waals surface area contributed by atoms with Gasteiger partial charge >= 0.3 is 0 Å². The van der Waals surface area contributed by atoms with E-state index in [2.05, 4.69) is 11.8 Å². The maximum absolute atomic E-state index is 14.1. The van der Waals surface area contributed by atoms with Crippen LogP contribution in [0.2, 0.25) is 0 Å². The molecule has 21 heavy (non-hydrogen) atoms. The van der Waals surface area contributed by atoms with Crippen molar-refractivity contribution >= 4 is 5.91 Å². The molecule has 2 N–H and O–H groups in total. The van der Waals surface area contributed by atoms with E-state index >= 15 is 0 Å². The van der Waals surface area contributed by atoms with Crippen molar-refractivity contribution in [3.8, 4) is 11.8 Å². The number of carbonyl (C=O) groups excluding carboxylic acids is 1. The van der Waals surface area contributed by atoms with Crippen molar-refractivity contribution in [3.63, 3.8) is 0 Å². The van der Waals surface area contributed by atoms with E-state index in [9.17, 15) is 9.18 Å². The molecule has 0 radical (unpaired) electrons. The van der Waals surface area contributed by atoms with Crippen LogP contribution in [-0.2, 0) is 0 Å². The van der Waals surface area contributed by atoms with E-state index in [1.165, 1.54) is 31.4 Å². The van der Waals surface area contributed by atoms with Gasteiger partial charge in [0.05, 0.1) is 12.1 Å². The number of rotatable bonds is 4. The smallest absolute Gasteiger partial charge is 0.256 e. The third-order valence-corrected chi connectivity index (χ3v) is 3.91. The SMILES string of the molecule is CCN(CC1CCC1)C(=O)c1ccc(C#CCN)cc1F. The number of amides is 1.